The number of ether oxygens (including phenoxy) is 1. The van der Waals surface area contributed by atoms with Crippen molar-refractivity contribution in [3.8, 4) is 0 Å². The number of hydrogen-bond acceptors (Lipinski definition) is 5. The second-order valence-corrected chi connectivity index (χ2v) is 5.70. The Morgan fingerprint density at radius 1 is 1.28 bits per heavy atom. The minimum atomic E-state index is -0.185. The third-order valence-corrected chi connectivity index (χ3v) is 3.95. The molecule has 25 heavy (non-hydrogen) atoms. The van der Waals surface area contributed by atoms with Crippen LogP contribution in [0.4, 0.5) is 17.1 Å². The Bertz CT molecular complexity index is 742. The van der Waals surface area contributed by atoms with E-state index in [4.69, 9.17) is 4.74 Å². The monoisotopic (exact) mass is 338 g/mol. The molecule has 0 saturated carbocycles. The molecule has 0 atom stereocenters. The number of nitrogens with zero attached hydrogens (tertiary/aromatic N) is 2. The molecule has 3 rings (SSSR count). The molecule has 0 spiro atoms. The lowest BCUT2D eigenvalue weighted by Gasteiger charge is -2.30. The van der Waals surface area contributed by atoms with E-state index >= 15 is 0 Å². The number of carbonyl (C=O) groups is 1. The Morgan fingerprint density at radius 2 is 2.08 bits per heavy atom. The molecule has 1 aromatic heterocycles. The molecule has 0 unspecified atom stereocenters. The zero-order valence-electron chi connectivity index (χ0n) is 14.1. The molecule has 1 aliphatic heterocycles. The summed E-state index contributed by atoms with van der Waals surface area (Å²) in [6.07, 6.45) is 5.00. The number of hydrogen-bond donors (Lipinski definition) is 2. The highest BCUT2D eigenvalue weighted by Crippen LogP contribution is 2.27. The van der Waals surface area contributed by atoms with Crippen molar-refractivity contribution in [3.63, 3.8) is 0 Å². The Kier molecular flexibility index (Phi) is 5.64. The van der Waals surface area contributed by atoms with Crippen LogP contribution in [0.2, 0.25) is 0 Å². The fraction of sp³-hybridized carbons (Fsp3) is 0.263. The number of nitrogens with one attached hydrogen (secondary N) is 2. The van der Waals surface area contributed by atoms with Crippen LogP contribution in [-0.2, 0) is 4.74 Å². The van der Waals surface area contributed by atoms with Crippen molar-refractivity contribution < 1.29 is 9.53 Å². The zero-order valence-corrected chi connectivity index (χ0v) is 14.1. The van der Waals surface area contributed by atoms with Gasteiger partial charge in [-0.05, 0) is 18.2 Å². The number of morpholine rings is 1. The number of benzene rings is 1. The van der Waals surface area contributed by atoms with Crippen molar-refractivity contribution in [1.82, 2.24) is 4.98 Å². The minimum Gasteiger partial charge on any atom is -0.380 e. The van der Waals surface area contributed by atoms with Crippen LogP contribution < -0.4 is 15.5 Å². The molecule has 2 heterocycles. The molecule has 6 nitrogen and oxygen atoms in total. The van der Waals surface area contributed by atoms with E-state index < -0.39 is 0 Å². The first-order chi connectivity index (χ1) is 12.3. The molecule has 6 heteroatoms. The normalized spacial score (nSPS) is 14.0. The van der Waals surface area contributed by atoms with Gasteiger partial charge in [0.25, 0.3) is 5.91 Å². The maximum atomic E-state index is 12.6. The number of aromatic nitrogens is 1. The van der Waals surface area contributed by atoms with Crippen LogP contribution in [0.15, 0.2) is 55.4 Å². The van der Waals surface area contributed by atoms with E-state index in [-0.39, 0.29) is 5.91 Å². The third kappa shape index (κ3) is 4.36. The first-order valence-electron chi connectivity index (χ1n) is 8.31. The molecule has 0 bridgehead atoms. The van der Waals surface area contributed by atoms with Gasteiger partial charge in [0.1, 0.15) is 0 Å². The zero-order chi connectivity index (χ0) is 17.5. The van der Waals surface area contributed by atoms with Crippen LogP contribution in [0.1, 0.15) is 10.4 Å². The summed E-state index contributed by atoms with van der Waals surface area (Å²) in [7, 11) is 0. The Labute approximate surface area is 147 Å². The number of pyridine rings is 1. The van der Waals surface area contributed by atoms with Gasteiger partial charge in [0.2, 0.25) is 0 Å². The van der Waals surface area contributed by atoms with Crippen molar-refractivity contribution in [2.75, 3.05) is 48.4 Å². The molecule has 130 valence electrons. The van der Waals surface area contributed by atoms with E-state index in [1.54, 1.807) is 24.5 Å². The van der Waals surface area contributed by atoms with Crippen molar-refractivity contribution >= 4 is 23.0 Å². The minimum absolute atomic E-state index is 0.185. The van der Waals surface area contributed by atoms with E-state index in [1.165, 1.54) is 0 Å². The van der Waals surface area contributed by atoms with Crippen molar-refractivity contribution in [1.29, 1.82) is 0 Å². The molecule has 2 N–H and O–H groups in total. The number of rotatable bonds is 6. The number of anilines is 3. The van der Waals surface area contributed by atoms with Crippen LogP contribution in [0.3, 0.4) is 0 Å². The van der Waals surface area contributed by atoms with Crippen molar-refractivity contribution in [2.24, 2.45) is 0 Å². The maximum Gasteiger partial charge on any atom is 0.257 e. The van der Waals surface area contributed by atoms with E-state index in [0.717, 1.165) is 30.2 Å². The van der Waals surface area contributed by atoms with Crippen LogP contribution >= 0.6 is 0 Å². The second-order valence-electron chi connectivity index (χ2n) is 5.70. The fourth-order valence-corrected chi connectivity index (χ4v) is 2.70. The van der Waals surface area contributed by atoms with Crippen molar-refractivity contribution in [3.05, 3.63) is 60.9 Å². The summed E-state index contributed by atoms with van der Waals surface area (Å²) in [5.74, 6) is -0.185. The largest absolute Gasteiger partial charge is 0.380 e. The van der Waals surface area contributed by atoms with Gasteiger partial charge in [0, 0.05) is 32.0 Å². The molecule has 1 saturated heterocycles. The summed E-state index contributed by atoms with van der Waals surface area (Å²) in [6.45, 7) is 7.31. The molecule has 0 radical (unpaired) electrons. The molecule has 1 aromatic carbocycles. The standard InChI is InChI=1S/C19H22N4O2/c1-2-7-21-16-12-15(13-20-14-16)19(24)22-17-5-3-4-6-18(17)23-8-10-25-11-9-23/h2-6,12-14,21H,1,7-11H2,(H,22,24). The topological polar surface area (TPSA) is 66.5 Å². The number of para-hydroxylation sites is 2. The lowest BCUT2D eigenvalue weighted by Crippen LogP contribution is -2.36. The highest BCUT2D eigenvalue weighted by atomic mass is 16.5. The lowest BCUT2D eigenvalue weighted by atomic mass is 10.2. The molecule has 1 fully saturated rings. The van der Waals surface area contributed by atoms with Crippen molar-refractivity contribution in [2.45, 2.75) is 0 Å². The molecule has 0 aliphatic carbocycles. The van der Waals surface area contributed by atoms with Gasteiger partial charge >= 0.3 is 0 Å². The average Bonchev–Trinajstić information content (AvgIpc) is 2.67. The summed E-state index contributed by atoms with van der Waals surface area (Å²) in [5, 5.41) is 6.13. The summed E-state index contributed by atoms with van der Waals surface area (Å²) < 4.78 is 5.41. The fourth-order valence-electron chi connectivity index (χ4n) is 2.70. The van der Waals surface area contributed by atoms with Gasteiger partial charge < -0.3 is 20.3 Å². The van der Waals surface area contributed by atoms with Crippen LogP contribution in [-0.4, -0.2) is 43.7 Å². The Balaban J connectivity index is 1.76. The molecular weight excluding hydrogens is 316 g/mol. The predicted molar refractivity (Wildman–Crippen MR) is 100 cm³/mol. The first-order valence-corrected chi connectivity index (χ1v) is 8.31. The van der Waals surface area contributed by atoms with E-state index in [9.17, 15) is 4.79 Å². The summed E-state index contributed by atoms with van der Waals surface area (Å²) >= 11 is 0. The summed E-state index contributed by atoms with van der Waals surface area (Å²) in [5.41, 5.74) is 3.09. The van der Waals surface area contributed by atoms with Gasteiger partial charge in [-0.15, -0.1) is 6.58 Å². The first kappa shape index (κ1) is 17.0. The maximum absolute atomic E-state index is 12.6. The SMILES string of the molecule is C=CCNc1cncc(C(=O)Nc2ccccc2N2CCOCC2)c1. The summed E-state index contributed by atoms with van der Waals surface area (Å²) in [6, 6.07) is 9.60. The molecule has 1 amide bonds. The van der Waals surface area contributed by atoms with E-state index in [1.807, 2.05) is 24.3 Å². The second kappa shape index (κ2) is 8.30. The van der Waals surface area contributed by atoms with E-state index in [0.29, 0.717) is 25.3 Å². The molecular formula is C19H22N4O2. The number of amides is 1. The van der Waals surface area contributed by atoms with Crippen LogP contribution in [0, 0.1) is 0 Å². The predicted octanol–water partition coefficient (Wildman–Crippen LogP) is 2.77. The van der Waals surface area contributed by atoms with Gasteiger partial charge in [-0.1, -0.05) is 18.2 Å². The third-order valence-electron chi connectivity index (χ3n) is 3.95. The molecule has 1 aliphatic rings. The van der Waals surface area contributed by atoms with Gasteiger partial charge in [-0.25, -0.2) is 0 Å². The smallest absolute Gasteiger partial charge is 0.257 e. The Morgan fingerprint density at radius 3 is 2.88 bits per heavy atom. The van der Waals surface area contributed by atoms with Gasteiger partial charge in [0.05, 0.1) is 35.8 Å². The Hall–Kier alpha value is -2.86. The number of carbonyl (C=O) groups excluding carboxylic acids is 1. The quantitative estimate of drug-likeness (QED) is 0.793. The highest BCUT2D eigenvalue weighted by molar-refractivity contribution is 6.06. The van der Waals surface area contributed by atoms with Gasteiger partial charge in [0.15, 0.2) is 0 Å². The van der Waals surface area contributed by atoms with E-state index in [2.05, 4.69) is 27.1 Å². The van der Waals surface area contributed by atoms with Crippen LogP contribution in [0.5, 0.6) is 0 Å². The van der Waals surface area contributed by atoms with Crippen LogP contribution in [0.25, 0.3) is 0 Å². The van der Waals surface area contributed by atoms with Gasteiger partial charge in [-0.2, -0.15) is 0 Å². The average molecular weight is 338 g/mol. The molecule has 2 aromatic rings. The highest BCUT2D eigenvalue weighted by Gasteiger charge is 2.16. The summed E-state index contributed by atoms with van der Waals surface area (Å²) in [4.78, 5) is 19.0. The lowest BCUT2D eigenvalue weighted by molar-refractivity contribution is 0.102. The van der Waals surface area contributed by atoms with Gasteiger partial charge in [-0.3, -0.25) is 9.78 Å².